The van der Waals surface area contributed by atoms with Crippen molar-refractivity contribution in [1.29, 1.82) is 0 Å². The van der Waals surface area contributed by atoms with Gasteiger partial charge >= 0.3 is 12.1 Å². The number of amides is 2. The lowest BCUT2D eigenvalue weighted by molar-refractivity contribution is -0.153. The zero-order valence-electron chi connectivity index (χ0n) is 31.7. The number of fused-ring (bicyclic) bond motifs is 5. The molecule has 4 heterocycles. The summed E-state index contributed by atoms with van der Waals surface area (Å²) >= 11 is 6.25. The van der Waals surface area contributed by atoms with Crippen molar-refractivity contribution in [2.75, 3.05) is 6.54 Å². The Morgan fingerprint density at radius 3 is 2.54 bits per heavy atom. The molecule has 312 valence electrons. The predicted molar refractivity (Wildman–Crippen MR) is 207 cm³/mol. The van der Waals surface area contributed by atoms with Crippen LogP contribution in [0.2, 0.25) is 5.02 Å². The van der Waals surface area contributed by atoms with Gasteiger partial charge in [0, 0.05) is 34.7 Å². The summed E-state index contributed by atoms with van der Waals surface area (Å²) in [5.74, 6) is -4.26. The van der Waals surface area contributed by atoms with Crippen LogP contribution in [0.4, 0.5) is 13.2 Å². The third-order valence-electron chi connectivity index (χ3n) is 12.3. The van der Waals surface area contributed by atoms with Crippen LogP contribution in [-0.4, -0.2) is 70.9 Å². The molecule has 16 heteroatoms. The van der Waals surface area contributed by atoms with E-state index in [0.29, 0.717) is 42.5 Å². The quantitative estimate of drug-likeness (QED) is 0.229. The van der Waals surface area contributed by atoms with E-state index in [-0.39, 0.29) is 57.2 Å². The SMILES string of the molecule is C.CC(C)OC(=O)C[C@H]1CCCCC/C=C\[C@@H]2C[C@@]2(C(=O)NS(=O)(=O)C2(C)CC2)CC(=O)[C@@H]2C[C@]3(CCc4c(c(C(F)(F)F)nc5ccc(Cl)cc45)O3)CN2C1=O. The number of nitrogens with zero attached hydrogens (tertiary/aromatic N) is 2. The molecular formula is C41H51ClF3N3O8S. The number of sulfonamides is 1. The van der Waals surface area contributed by atoms with Crippen LogP contribution in [0.3, 0.4) is 0 Å². The summed E-state index contributed by atoms with van der Waals surface area (Å²) in [7, 11) is -4.04. The van der Waals surface area contributed by atoms with Crippen molar-refractivity contribution in [3.8, 4) is 5.75 Å². The molecule has 7 rings (SSSR count). The fourth-order valence-electron chi connectivity index (χ4n) is 8.68. The first-order valence-corrected chi connectivity index (χ1v) is 21.3. The van der Waals surface area contributed by atoms with Crippen LogP contribution in [0.1, 0.15) is 117 Å². The van der Waals surface area contributed by atoms with E-state index in [4.69, 9.17) is 21.1 Å². The summed E-state index contributed by atoms with van der Waals surface area (Å²) < 4.78 is 83.3. The molecule has 0 unspecified atom stereocenters. The van der Waals surface area contributed by atoms with Gasteiger partial charge in [0.25, 0.3) is 0 Å². The fourth-order valence-corrected chi connectivity index (χ4v) is 10.2. The maximum atomic E-state index is 14.7. The Kier molecular flexibility index (Phi) is 11.6. The number of hydrogen-bond acceptors (Lipinski definition) is 9. The van der Waals surface area contributed by atoms with Crippen molar-refractivity contribution in [2.45, 2.75) is 140 Å². The van der Waals surface area contributed by atoms with Crippen molar-refractivity contribution in [3.63, 3.8) is 0 Å². The average molecular weight is 838 g/mol. The Bertz CT molecular complexity index is 2110. The molecule has 5 aliphatic rings. The molecule has 5 atom stereocenters. The van der Waals surface area contributed by atoms with Gasteiger partial charge in [-0.1, -0.05) is 44.0 Å². The molecule has 2 amide bonds. The lowest BCUT2D eigenvalue weighted by Gasteiger charge is -2.37. The summed E-state index contributed by atoms with van der Waals surface area (Å²) in [4.78, 5) is 61.6. The predicted octanol–water partition coefficient (Wildman–Crippen LogP) is 7.65. The normalized spacial score (nSPS) is 29.2. The molecule has 1 aromatic heterocycles. The number of alkyl halides is 3. The maximum absolute atomic E-state index is 14.7. The van der Waals surface area contributed by atoms with Crippen molar-refractivity contribution >= 4 is 56.1 Å². The number of nitrogens with one attached hydrogen (secondary N) is 1. The number of esters is 1. The highest BCUT2D eigenvalue weighted by molar-refractivity contribution is 7.91. The Hall–Kier alpha value is -3.72. The number of pyridine rings is 1. The van der Waals surface area contributed by atoms with Gasteiger partial charge in [-0.3, -0.25) is 23.9 Å². The number of benzene rings is 1. The van der Waals surface area contributed by atoms with E-state index in [9.17, 15) is 40.8 Å². The lowest BCUT2D eigenvalue weighted by atomic mass is 9.85. The number of Topliss-reactive ketones (excluding diaryl/α,β-unsaturated/α-hetero) is 1. The third-order valence-corrected chi connectivity index (χ3v) is 14.7. The first-order chi connectivity index (χ1) is 26.3. The molecule has 57 heavy (non-hydrogen) atoms. The molecule has 2 aromatic rings. The molecule has 1 aromatic carbocycles. The van der Waals surface area contributed by atoms with E-state index in [1.54, 1.807) is 20.8 Å². The summed E-state index contributed by atoms with van der Waals surface area (Å²) in [6.45, 7) is 4.68. The van der Waals surface area contributed by atoms with Gasteiger partial charge in [0.05, 0.1) is 40.8 Å². The van der Waals surface area contributed by atoms with Gasteiger partial charge in [-0.05, 0) is 96.3 Å². The van der Waals surface area contributed by atoms with Crippen LogP contribution in [0.5, 0.6) is 5.75 Å². The van der Waals surface area contributed by atoms with Gasteiger partial charge in [-0.15, -0.1) is 0 Å². The smallest absolute Gasteiger partial charge is 0.437 e. The summed E-state index contributed by atoms with van der Waals surface area (Å²) in [5, 5.41) is 0.701. The highest BCUT2D eigenvalue weighted by Gasteiger charge is 2.63. The first kappa shape index (κ1) is 42.9. The Morgan fingerprint density at radius 2 is 1.86 bits per heavy atom. The van der Waals surface area contributed by atoms with Crippen molar-refractivity contribution in [2.24, 2.45) is 17.3 Å². The van der Waals surface area contributed by atoms with E-state index in [0.717, 1.165) is 12.8 Å². The molecular weight excluding hydrogens is 787 g/mol. The van der Waals surface area contributed by atoms with E-state index in [1.165, 1.54) is 23.1 Å². The molecule has 1 N–H and O–H groups in total. The molecule has 2 saturated carbocycles. The largest absolute Gasteiger partial charge is 0.483 e. The van der Waals surface area contributed by atoms with E-state index in [1.807, 2.05) is 12.2 Å². The highest BCUT2D eigenvalue weighted by atomic mass is 35.5. The summed E-state index contributed by atoms with van der Waals surface area (Å²) in [5.41, 5.74) is -3.72. The number of ketones is 1. The van der Waals surface area contributed by atoms with Crippen LogP contribution in [0.25, 0.3) is 10.9 Å². The van der Waals surface area contributed by atoms with Crippen LogP contribution in [0.15, 0.2) is 30.4 Å². The molecule has 3 fully saturated rings. The van der Waals surface area contributed by atoms with Gasteiger partial charge < -0.3 is 14.4 Å². The topological polar surface area (TPSA) is 149 Å². The van der Waals surface area contributed by atoms with Gasteiger partial charge in [0.15, 0.2) is 17.2 Å². The van der Waals surface area contributed by atoms with E-state index < -0.39 is 97.4 Å². The van der Waals surface area contributed by atoms with Gasteiger partial charge in [0.1, 0.15) is 5.60 Å². The number of hydrogen-bond donors (Lipinski definition) is 1. The van der Waals surface area contributed by atoms with Crippen LogP contribution >= 0.6 is 11.6 Å². The second-order valence-electron chi connectivity index (χ2n) is 16.9. The fraction of sp³-hybridized carbons (Fsp3) is 0.634. The summed E-state index contributed by atoms with van der Waals surface area (Å²) in [6.07, 6.45) is 1.88. The number of rotatable bonds is 6. The number of aryl methyl sites for hydroxylation is 1. The van der Waals surface area contributed by atoms with Crippen LogP contribution in [0, 0.1) is 17.3 Å². The minimum absolute atomic E-state index is 0. The number of aromatic nitrogens is 1. The number of allylic oxidation sites excluding steroid dienone is 2. The second-order valence-corrected chi connectivity index (χ2v) is 19.5. The number of carbonyl (C=O) groups is 4. The lowest BCUT2D eigenvalue weighted by Crippen LogP contribution is -2.48. The second kappa shape index (κ2) is 15.5. The van der Waals surface area contributed by atoms with Gasteiger partial charge in [-0.2, -0.15) is 13.2 Å². The van der Waals surface area contributed by atoms with Crippen molar-refractivity contribution in [3.05, 3.63) is 46.6 Å². The standard InChI is InChI=1S/C40H47ClF3N3O8S.CH4/c1-23(2)54-32(49)17-24-9-7-5-4-6-8-10-25-19-39(25,36(51)46-56(52,53)37(3)15-16-37)21-31(48)30-20-38(22-47(30)35(24)50)14-13-27-28-18-26(41)11-12-29(28)45-34(33(27)55-38)40(42,43)44;/h8,10-12,18,23-25,30H,4-7,9,13-17,19-22H2,1-3H3,(H,46,51);1H4/b10-8-;/t24-,25-,30+,38-,39-;/m1./s1. The highest BCUT2D eigenvalue weighted by Crippen LogP contribution is 2.58. The first-order valence-electron chi connectivity index (χ1n) is 19.4. The zero-order chi connectivity index (χ0) is 40.4. The minimum atomic E-state index is -4.90. The average Bonchev–Trinajstić information content (AvgIpc) is 4.00. The molecule has 2 aliphatic carbocycles. The number of halogens is 4. The zero-order valence-corrected chi connectivity index (χ0v) is 33.2. The van der Waals surface area contributed by atoms with E-state index >= 15 is 0 Å². The van der Waals surface area contributed by atoms with Gasteiger partial charge in [-0.25, -0.2) is 13.4 Å². The maximum Gasteiger partial charge on any atom is 0.437 e. The van der Waals surface area contributed by atoms with Gasteiger partial charge in [0.2, 0.25) is 21.8 Å². The van der Waals surface area contributed by atoms with Crippen LogP contribution in [-0.2, 0) is 46.5 Å². The Morgan fingerprint density at radius 1 is 1.12 bits per heavy atom. The van der Waals surface area contributed by atoms with Crippen molar-refractivity contribution in [1.82, 2.24) is 14.6 Å². The molecule has 1 spiro atoms. The van der Waals surface area contributed by atoms with E-state index in [2.05, 4.69) is 9.71 Å². The molecule has 0 radical (unpaired) electrons. The third kappa shape index (κ3) is 8.42. The number of carbonyl (C=O) groups excluding carboxylic acids is 4. The molecule has 11 nitrogen and oxygen atoms in total. The summed E-state index contributed by atoms with van der Waals surface area (Å²) in [6, 6.07) is 3.17. The monoisotopic (exact) mass is 837 g/mol. The number of ether oxygens (including phenoxy) is 2. The Labute approximate surface area is 336 Å². The Balaban J connectivity index is 0.00000549. The van der Waals surface area contributed by atoms with Crippen LogP contribution < -0.4 is 9.46 Å². The minimum Gasteiger partial charge on any atom is -0.483 e. The molecule has 3 aliphatic heterocycles. The molecule has 1 saturated heterocycles. The molecule has 0 bridgehead atoms. The van der Waals surface area contributed by atoms with Crippen molar-refractivity contribution < 1.29 is 50.2 Å².